The van der Waals surface area contributed by atoms with Gasteiger partial charge in [-0.2, -0.15) is 0 Å². The fourth-order valence-corrected chi connectivity index (χ4v) is 2.34. The van der Waals surface area contributed by atoms with E-state index in [2.05, 4.69) is 15.3 Å². The van der Waals surface area contributed by atoms with E-state index < -0.39 is 0 Å². The molecule has 0 atom stereocenters. The summed E-state index contributed by atoms with van der Waals surface area (Å²) in [6.45, 7) is 5.85. The molecule has 0 spiro atoms. The van der Waals surface area contributed by atoms with E-state index in [9.17, 15) is 4.79 Å². The number of aryl methyl sites for hydroxylation is 1. The average Bonchev–Trinajstić information content (AvgIpc) is 2.63. The van der Waals surface area contributed by atoms with E-state index in [4.69, 9.17) is 4.74 Å². The van der Waals surface area contributed by atoms with Crippen LogP contribution in [0.1, 0.15) is 32.4 Å². The zero-order valence-electron chi connectivity index (χ0n) is 15.7. The number of hydrogen-bond donors (Lipinski definition) is 1. The molecule has 136 valence electrons. The Morgan fingerprint density at radius 3 is 2.73 bits per heavy atom. The summed E-state index contributed by atoms with van der Waals surface area (Å²) in [7, 11) is 1.72. The van der Waals surface area contributed by atoms with Crippen molar-refractivity contribution in [2.45, 2.75) is 33.6 Å². The predicted molar refractivity (Wildman–Crippen MR) is 106 cm³/mol. The Kier molecular flexibility index (Phi) is 7.09. The average molecular weight is 351 g/mol. The second kappa shape index (κ2) is 9.51. The topological polar surface area (TPSA) is 63.6 Å². The van der Waals surface area contributed by atoms with Gasteiger partial charge in [-0.15, -0.1) is 0 Å². The third kappa shape index (κ3) is 5.84. The molecule has 2 aromatic rings. The third-order valence-electron chi connectivity index (χ3n) is 3.76. The molecule has 1 aromatic heterocycles. The molecule has 0 aliphatic heterocycles. The van der Waals surface area contributed by atoms with Crippen LogP contribution >= 0.6 is 0 Å². The molecule has 1 aromatic carbocycles. The van der Waals surface area contributed by atoms with Crippen molar-refractivity contribution < 1.29 is 9.53 Å². The first-order valence-corrected chi connectivity index (χ1v) is 8.67. The summed E-state index contributed by atoms with van der Waals surface area (Å²) in [5.41, 5.74) is 3.15. The fourth-order valence-electron chi connectivity index (χ4n) is 2.34. The van der Waals surface area contributed by atoms with E-state index in [-0.39, 0.29) is 5.91 Å². The van der Waals surface area contributed by atoms with Crippen molar-refractivity contribution in [1.82, 2.24) is 4.98 Å². The number of nitrogens with zero attached hydrogens (tertiary/aromatic N) is 2. The molecule has 5 heteroatoms. The first-order valence-electron chi connectivity index (χ1n) is 8.67. The molecule has 0 saturated heterocycles. The van der Waals surface area contributed by atoms with E-state index in [1.54, 1.807) is 19.3 Å². The lowest BCUT2D eigenvalue weighted by Gasteiger charge is -2.11. The van der Waals surface area contributed by atoms with E-state index in [0.717, 1.165) is 17.8 Å². The van der Waals surface area contributed by atoms with Gasteiger partial charge in [0.25, 0.3) is 5.91 Å². The van der Waals surface area contributed by atoms with Crippen molar-refractivity contribution in [3.63, 3.8) is 0 Å². The SMILES string of the molecule is CCC/C(=C\C(C)=NC)C(=O)Nc1cccc(Oc2ccc(C)nc2)c1. The number of pyridine rings is 1. The van der Waals surface area contributed by atoms with Gasteiger partial charge in [0, 0.05) is 35.8 Å². The zero-order chi connectivity index (χ0) is 18.9. The number of rotatable bonds is 7. The maximum Gasteiger partial charge on any atom is 0.251 e. The summed E-state index contributed by atoms with van der Waals surface area (Å²) in [6.07, 6.45) is 5.09. The summed E-state index contributed by atoms with van der Waals surface area (Å²) in [5, 5.41) is 2.93. The predicted octanol–water partition coefficient (Wildman–Crippen LogP) is 4.94. The van der Waals surface area contributed by atoms with Gasteiger partial charge in [-0.25, -0.2) is 0 Å². The van der Waals surface area contributed by atoms with Crippen LogP contribution < -0.4 is 10.1 Å². The molecule has 0 aliphatic rings. The van der Waals surface area contributed by atoms with Gasteiger partial charge in [0.1, 0.15) is 11.5 Å². The van der Waals surface area contributed by atoms with Gasteiger partial charge < -0.3 is 10.1 Å². The minimum Gasteiger partial charge on any atom is -0.456 e. The largest absolute Gasteiger partial charge is 0.456 e. The highest BCUT2D eigenvalue weighted by atomic mass is 16.5. The van der Waals surface area contributed by atoms with Gasteiger partial charge in [0.2, 0.25) is 0 Å². The Hall–Kier alpha value is -2.95. The number of carbonyl (C=O) groups excluding carboxylic acids is 1. The van der Waals surface area contributed by atoms with Crippen LogP contribution in [-0.4, -0.2) is 23.7 Å². The molecule has 0 bridgehead atoms. The number of amides is 1. The Balaban J connectivity index is 2.12. The quantitative estimate of drug-likeness (QED) is 0.568. The molecule has 0 saturated carbocycles. The lowest BCUT2D eigenvalue weighted by atomic mass is 10.1. The highest BCUT2D eigenvalue weighted by molar-refractivity contribution is 6.08. The first-order chi connectivity index (χ1) is 12.5. The lowest BCUT2D eigenvalue weighted by molar-refractivity contribution is -0.113. The van der Waals surface area contributed by atoms with Crippen LogP contribution in [0.5, 0.6) is 11.5 Å². The molecular formula is C21H25N3O2. The lowest BCUT2D eigenvalue weighted by Crippen LogP contribution is -2.15. The van der Waals surface area contributed by atoms with Crippen molar-refractivity contribution in [1.29, 1.82) is 0 Å². The normalized spacial score (nSPS) is 12.0. The number of hydrogen-bond acceptors (Lipinski definition) is 4. The Morgan fingerprint density at radius 1 is 1.27 bits per heavy atom. The van der Waals surface area contributed by atoms with Gasteiger partial charge >= 0.3 is 0 Å². The van der Waals surface area contributed by atoms with Crippen LogP contribution in [0.15, 0.2) is 59.2 Å². The minimum absolute atomic E-state index is 0.121. The molecule has 5 nitrogen and oxygen atoms in total. The number of benzene rings is 1. The first kappa shape index (κ1) is 19.4. The van der Waals surface area contributed by atoms with Crippen LogP contribution in [0.4, 0.5) is 5.69 Å². The number of carbonyl (C=O) groups is 1. The van der Waals surface area contributed by atoms with Gasteiger partial charge in [-0.1, -0.05) is 19.4 Å². The number of ether oxygens (including phenoxy) is 1. The Morgan fingerprint density at radius 2 is 2.08 bits per heavy atom. The summed E-state index contributed by atoms with van der Waals surface area (Å²) in [5.74, 6) is 1.17. The van der Waals surface area contributed by atoms with E-state index in [1.165, 1.54) is 0 Å². The molecule has 0 unspecified atom stereocenters. The van der Waals surface area contributed by atoms with E-state index in [0.29, 0.717) is 29.2 Å². The molecule has 0 aliphatic carbocycles. The molecule has 2 rings (SSSR count). The zero-order valence-corrected chi connectivity index (χ0v) is 15.7. The van der Waals surface area contributed by atoms with Crippen molar-refractivity contribution in [2.24, 2.45) is 4.99 Å². The molecule has 26 heavy (non-hydrogen) atoms. The van der Waals surface area contributed by atoms with Crippen LogP contribution in [0, 0.1) is 6.92 Å². The Bertz CT molecular complexity index is 808. The van der Waals surface area contributed by atoms with E-state index >= 15 is 0 Å². The highest BCUT2D eigenvalue weighted by Crippen LogP contribution is 2.24. The van der Waals surface area contributed by atoms with Gasteiger partial charge in [0.05, 0.1) is 6.20 Å². The molecule has 0 fully saturated rings. The third-order valence-corrected chi connectivity index (χ3v) is 3.76. The van der Waals surface area contributed by atoms with Crippen molar-refractivity contribution >= 4 is 17.3 Å². The second-order valence-corrected chi connectivity index (χ2v) is 6.00. The summed E-state index contributed by atoms with van der Waals surface area (Å²) in [4.78, 5) is 20.9. The summed E-state index contributed by atoms with van der Waals surface area (Å²) in [6, 6.07) is 11.1. The van der Waals surface area contributed by atoms with Crippen LogP contribution in [-0.2, 0) is 4.79 Å². The number of anilines is 1. The molecule has 1 amide bonds. The highest BCUT2D eigenvalue weighted by Gasteiger charge is 2.10. The van der Waals surface area contributed by atoms with Crippen molar-refractivity contribution in [2.75, 3.05) is 12.4 Å². The number of allylic oxidation sites excluding steroid dienone is 1. The maximum absolute atomic E-state index is 12.6. The van der Waals surface area contributed by atoms with Gasteiger partial charge in [-0.05, 0) is 50.6 Å². The van der Waals surface area contributed by atoms with Crippen LogP contribution in [0.3, 0.4) is 0 Å². The number of aromatic nitrogens is 1. The van der Waals surface area contributed by atoms with E-state index in [1.807, 2.05) is 57.2 Å². The van der Waals surface area contributed by atoms with Gasteiger partial charge in [-0.3, -0.25) is 14.8 Å². The van der Waals surface area contributed by atoms with Crippen LogP contribution in [0.25, 0.3) is 0 Å². The minimum atomic E-state index is -0.121. The van der Waals surface area contributed by atoms with Crippen LogP contribution in [0.2, 0.25) is 0 Å². The molecular weight excluding hydrogens is 326 g/mol. The standard InChI is InChI=1S/C21H25N3O2/c1-5-7-17(12-16(3)22-4)21(25)24-18-8-6-9-19(13-18)26-20-11-10-15(2)23-14-20/h6,8-14H,5,7H2,1-4H3,(H,24,25)/b17-12+,22-16?. The summed E-state index contributed by atoms with van der Waals surface area (Å²) < 4.78 is 5.80. The Labute approximate surface area is 154 Å². The maximum atomic E-state index is 12.6. The molecule has 1 heterocycles. The smallest absolute Gasteiger partial charge is 0.251 e. The van der Waals surface area contributed by atoms with Crippen molar-refractivity contribution in [3.05, 3.63) is 59.9 Å². The number of aliphatic imine (C=N–C) groups is 1. The monoisotopic (exact) mass is 351 g/mol. The van der Waals surface area contributed by atoms with Crippen molar-refractivity contribution in [3.8, 4) is 11.5 Å². The fraction of sp³-hybridized carbons (Fsp3) is 0.286. The second-order valence-electron chi connectivity index (χ2n) is 6.00. The summed E-state index contributed by atoms with van der Waals surface area (Å²) >= 11 is 0. The number of nitrogens with one attached hydrogen (secondary N) is 1. The molecule has 0 radical (unpaired) electrons. The molecule has 1 N–H and O–H groups in total. The van der Waals surface area contributed by atoms with Gasteiger partial charge in [0.15, 0.2) is 0 Å².